The van der Waals surface area contributed by atoms with Crippen LogP contribution in [-0.2, 0) is 0 Å². The van der Waals surface area contributed by atoms with Crippen LogP contribution in [0.15, 0.2) is 11.5 Å². The molecule has 1 aliphatic rings. The molecule has 1 aromatic rings. The number of nitrogen functional groups attached to an aromatic ring is 1. The number of hydrogen-bond donors (Lipinski definition) is 2. The lowest BCUT2D eigenvalue weighted by Crippen LogP contribution is -2.31. The molecule has 0 saturated heterocycles. The number of nitrogens with two attached hydrogens (primary N) is 2. The highest BCUT2D eigenvalue weighted by atomic mass is 32.2. The molecule has 0 atom stereocenters. The fourth-order valence-electron chi connectivity index (χ4n) is 1.87. The Bertz CT molecular complexity index is 304. The number of aromatic nitrogens is 3. The molecule has 1 fully saturated rings. The van der Waals surface area contributed by atoms with Gasteiger partial charge in [-0.05, 0) is 12.8 Å². The fourth-order valence-corrected chi connectivity index (χ4v) is 3.07. The van der Waals surface area contributed by atoms with Gasteiger partial charge in [-0.3, -0.25) is 0 Å². The molecule has 78 valence electrons. The second-order valence-corrected chi connectivity index (χ2v) is 5.15. The first kappa shape index (κ1) is 9.79. The average molecular weight is 213 g/mol. The van der Waals surface area contributed by atoms with Crippen molar-refractivity contribution in [1.29, 1.82) is 0 Å². The lowest BCUT2D eigenvalue weighted by atomic mass is 10.1. The highest BCUT2D eigenvalue weighted by molar-refractivity contribution is 8.00. The van der Waals surface area contributed by atoms with E-state index in [2.05, 4.69) is 10.2 Å². The second-order valence-electron chi connectivity index (χ2n) is 3.72. The van der Waals surface area contributed by atoms with E-state index >= 15 is 0 Å². The van der Waals surface area contributed by atoms with Crippen LogP contribution in [0, 0.1) is 0 Å². The summed E-state index contributed by atoms with van der Waals surface area (Å²) in [5.74, 6) is 5.66. The highest BCUT2D eigenvalue weighted by Gasteiger charge is 2.35. The molecule has 1 heterocycles. The van der Waals surface area contributed by atoms with Crippen molar-refractivity contribution in [1.82, 2.24) is 14.9 Å². The van der Waals surface area contributed by atoms with Crippen molar-refractivity contribution >= 4 is 11.8 Å². The average Bonchev–Trinajstić information content (AvgIpc) is 2.79. The van der Waals surface area contributed by atoms with Crippen molar-refractivity contribution in [3.8, 4) is 0 Å². The Balaban J connectivity index is 2.12. The van der Waals surface area contributed by atoms with Crippen LogP contribution in [0.25, 0.3) is 0 Å². The number of nitrogens with zero attached hydrogens (tertiary/aromatic N) is 3. The van der Waals surface area contributed by atoms with Crippen LogP contribution in [0.5, 0.6) is 0 Å². The van der Waals surface area contributed by atoms with E-state index in [0.717, 1.165) is 18.0 Å². The zero-order valence-corrected chi connectivity index (χ0v) is 8.83. The minimum Gasteiger partial charge on any atom is -0.336 e. The Hall–Kier alpha value is -0.750. The van der Waals surface area contributed by atoms with Gasteiger partial charge < -0.3 is 11.6 Å². The number of rotatable bonds is 3. The third-order valence-electron chi connectivity index (χ3n) is 2.73. The van der Waals surface area contributed by atoms with Crippen LogP contribution in [-0.4, -0.2) is 26.2 Å². The van der Waals surface area contributed by atoms with Gasteiger partial charge in [-0.15, -0.1) is 10.2 Å². The fraction of sp³-hybridized carbons (Fsp3) is 0.750. The van der Waals surface area contributed by atoms with Crippen LogP contribution in [0.3, 0.4) is 0 Å². The predicted molar refractivity (Wildman–Crippen MR) is 56.3 cm³/mol. The molecule has 0 aliphatic heterocycles. The quantitative estimate of drug-likeness (QED) is 0.708. The van der Waals surface area contributed by atoms with Gasteiger partial charge in [0.05, 0.1) is 0 Å². The molecule has 0 aromatic carbocycles. The molecule has 6 heteroatoms. The van der Waals surface area contributed by atoms with Crippen LogP contribution in [0.1, 0.15) is 25.7 Å². The first-order chi connectivity index (χ1) is 6.76. The standard InChI is InChI=1S/C8H15N5S/c9-5-8(3-1-2-4-8)14-7-12-11-6-13(7)10/h6H,1-5,9-10H2. The maximum absolute atomic E-state index is 5.82. The van der Waals surface area contributed by atoms with Gasteiger partial charge in [-0.25, -0.2) is 4.68 Å². The zero-order chi connectivity index (χ0) is 10.0. The van der Waals surface area contributed by atoms with E-state index in [-0.39, 0.29) is 4.75 Å². The van der Waals surface area contributed by atoms with E-state index in [0.29, 0.717) is 6.54 Å². The summed E-state index contributed by atoms with van der Waals surface area (Å²) < 4.78 is 1.60. The first-order valence-corrected chi connectivity index (χ1v) is 5.62. The number of thioether (sulfide) groups is 1. The number of hydrogen-bond acceptors (Lipinski definition) is 5. The summed E-state index contributed by atoms with van der Waals surface area (Å²) in [6, 6.07) is 0. The molecule has 1 aliphatic carbocycles. The van der Waals surface area contributed by atoms with E-state index in [9.17, 15) is 0 Å². The maximum atomic E-state index is 5.82. The summed E-state index contributed by atoms with van der Waals surface area (Å²) >= 11 is 1.67. The van der Waals surface area contributed by atoms with Crippen molar-refractivity contribution in [3.63, 3.8) is 0 Å². The molecule has 5 nitrogen and oxygen atoms in total. The Morgan fingerprint density at radius 1 is 1.50 bits per heavy atom. The molecule has 0 unspecified atom stereocenters. The van der Waals surface area contributed by atoms with E-state index < -0.39 is 0 Å². The maximum Gasteiger partial charge on any atom is 0.210 e. The van der Waals surface area contributed by atoms with Gasteiger partial charge in [0, 0.05) is 11.3 Å². The smallest absolute Gasteiger partial charge is 0.210 e. The van der Waals surface area contributed by atoms with Crippen molar-refractivity contribution in [2.24, 2.45) is 5.73 Å². The minimum atomic E-state index is 0.143. The van der Waals surface area contributed by atoms with Gasteiger partial charge in [0.25, 0.3) is 0 Å². The van der Waals surface area contributed by atoms with E-state index in [1.54, 1.807) is 11.8 Å². The Labute approximate surface area is 87.2 Å². The van der Waals surface area contributed by atoms with E-state index in [4.69, 9.17) is 11.6 Å². The van der Waals surface area contributed by atoms with Crippen molar-refractivity contribution in [3.05, 3.63) is 6.33 Å². The molecule has 14 heavy (non-hydrogen) atoms. The molecule has 0 bridgehead atoms. The van der Waals surface area contributed by atoms with Crippen LogP contribution in [0.2, 0.25) is 0 Å². The van der Waals surface area contributed by atoms with Gasteiger partial charge in [0.2, 0.25) is 5.16 Å². The van der Waals surface area contributed by atoms with Gasteiger partial charge in [-0.2, -0.15) is 0 Å². The first-order valence-electron chi connectivity index (χ1n) is 4.80. The predicted octanol–water partition coefficient (Wildman–Crippen LogP) is 0.355. The Morgan fingerprint density at radius 2 is 2.21 bits per heavy atom. The minimum absolute atomic E-state index is 0.143. The molecule has 1 saturated carbocycles. The topological polar surface area (TPSA) is 82.8 Å². The third kappa shape index (κ3) is 1.72. The van der Waals surface area contributed by atoms with Crippen LogP contribution < -0.4 is 11.6 Å². The molecule has 2 rings (SSSR count). The van der Waals surface area contributed by atoms with E-state index in [1.165, 1.54) is 23.8 Å². The van der Waals surface area contributed by atoms with E-state index in [1.807, 2.05) is 0 Å². The molecule has 4 N–H and O–H groups in total. The van der Waals surface area contributed by atoms with Gasteiger partial charge in [0.15, 0.2) is 0 Å². The van der Waals surface area contributed by atoms with Gasteiger partial charge in [0.1, 0.15) is 6.33 Å². The molecule has 0 radical (unpaired) electrons. The molecule has 0 amide bonds. The van der Waals surface area contributed by atoms with Gasteiger partial charge >= 0.3 is 0 Å². The normalized spacial score (nSPS) is 20.1. The molecule has 0 spiro atoms. The summed E-state index contributed by atoms with van der Waals surface area (Å²) in [5, 5.41) is 8.48. The lowest BCUT2D eigenvalue weighted by Gasteiger charge is -2.24. The largest absolute Gasteiger partial charge is 0.336 e. The summed E-state index contributed by atoms with van der Waals surface area (Å²) in [5.41, 5.74) is 5.82. The Morgan fingerprint density at radius 3 is 2.71 bits per heavy atom. The summed E-state index contributed by atoms with van der Waals surface area (Å²) in [7, 11) is 0. The highest BCUT2D eigenvalue weighted by Crippen LogP contribution is 2.43. The van der Waals surface area contributed by atoms with Gasteiger partial charge in [-0.1, -0.05) is 24.6 Å². The SMILES string of the molecule is NCC1(Sc2nncn2N)CCCC1. The second kappa shape index (κ2) is 3.78. The lowest BCUT2D eigenvalue weighted by molar-refractivity contribution is 0.613. The van der Waals surface area contributed by atoms with Crippen LogP contribution in [0.4, 0.5) is 0 Å². The summed E-state index contributed by atoms with van der Waals surface area (Å²) in [4.78, 5) is 0. The van der Waals surface area contributed by atoms with Crippen molar-refractivity contribution < 1.29 is 0 Å². The summed E-state index contributed by atoms with van der Waals surface area (Å²) in [6.07, 6.45) is 6.33. The molecular formula is C8H15N5S. The summed E-state index contributed by atoms with van der Waals surface area (Å²) in [6.45, 7) is 0.685. The van der Waals surface area contributed by atoms with Crippen molar-refractivity contribution in [2.75, 3.05) is 12.4 Å². The molecule has 1 aromatic heterocycles. The zero-order valence-electron chi connectivity index (χ0n) is 8.02. The van der Waals surface area contributed by atoms with Crippen molar-refractivity contribution in [2.45, 2.75) is 35.6 Å². The third-order valence-corrected chi connectivity index (χ3v) is 4.22. The van der Waals surface area contributed by atoms with Crippen LogP contribution >= 0.6 is 11.8 Å². The Kier molecular flexibility index (Phi) is 2.64. The monoisotopic (exact) mass is 213 g/mol. The molecular weight excluding hydrogens is 198 g/mol.